The van der Waals surface area contributed by atoms with E-state index >= 15 is 0 Å². The highest BCUT2D eigenvalue weighted by atomic mass is 35.7. The molecule has 23 heteroatoms. The first-order valence-electron chi connectivity index (χ1n) is 21.6. The number of ether oxygens (including phenoxy) is 5. The number of rotatable bonds is 20. The molecule has 0 unspecified atom stereocenters. The lowest BCUT2D eigenvalue weighted by Gasteiger charge is -2.20. The van der Waals surface area contributed by atoms with Crippen molar-refractivity contribution in [2.45, 2.75) is 0 Å². The minimum absolute atomic E-state index is 0.421. The summed E-state index contributed by atoms with van der Waals surface area (Å²) in [5, 5.41) is 23.3. The Bertz CT molecular complexity index is 2440. The number of amidine groups is 2. The van der Waals surface area contributed by atoms with Gasteiger partial charge in [0.2, 0.25) is 23.0 Å². The van der Waals surface area contributed by atoms with Crippen molar-refractivity contribution in [1.29, 1.82) is 0 Å². The molecule has 0 atom stereocenters. The summed E-state index contributed by atoms with van der Waals surface area (Å²) in [5.74, 6) is 2.72. The van der Waals surface area contributed by atoms with Crippen molar-refractivity contribution in [3.8, 4) is 11.5 Å². The third kappa shape index (κ3) is 19.9. The molecule has 0 aromatic heterocycles. The largest absolute Gasteiger partial charge is 0.491 e. The van der Waals surface area contributed by atoms with Gasteiger partial charge in [-0.05, 0) is 72.8 Å². The van der Waals surface area contributed by atoms with Crippen LogP contribution in [-0.2, 0) is 14.2 Å². The van der Waals surface area contributed by atoms with Crippen molar-refractivity contribution in [2.75, 3.05) is 76.2 Å². The van der Waals surface area contributed by atoms with E-state index in [0.29, 0.717) is 77.9 Å². The lowest BCUT2D eigenvalue weighted by Crippen LogP contribution is -2.68. The predicted octanol–water partition coefficient (Wildman–Crippen LogP) is -0.446. The minimum atomic E-state index is -4.94. The molecule has 2 heterocycles. The molecule has 0 saturated carbocycles. The molecule has 21 nitrogen and oxygen atoms in total. The van der Waals surface area contributed by atoms with Gasteiger partial charge < -0.3 is 23.7 Å². The van der Waals surface area contributed by atoms with Crippen molar-refractivity contribution in [1.82, 2.24) is 0 Å². The summed E-state index contributed by atoms with van der Waals surface area (Å²) in [6, 6.07) is 56.0. The molecule has 6 aromatic carbocycles. The van der Waals surface area contributed by atoms with E-state index in [1.165, 1.54) is 0 Å². The molecule has 0 N–H and O–H groups in total. The Labute approximate surface area is 413 Å². The summed E-state index contributed by atoms with van der Waals surface area (Å²) in [6.45, 7) is 4.61. The molecule has 71 heavy (non-hydrogen) atoms. The third-order valence-corrected chi connectivity index (χ3v) is 9.58. The number of para-hydroxylation sites is 4. The second-order valence-electron chi connectivity index (χ2n) is 14.6. The molecule has 8 rings (SSSR count). The van der Waals surface area contributed by atoms with Crippen LogP contribution in [-0.4, -0.2) is 87.3 Å². The van der Waals surface area contributed by atoms with Gasteiger partial charge in [-0.1, -0.05) is 82.2 Å². The first kappa shape index (κ1) is 53.5. The van der Waals surface area contributed by atoms with Crippen molar-refractivity contribution < 1.29 is 90.8 Å². The van der Waals surface area contributed by atoms with E-state index in [1.54, 1.807) is 0 Å². The van der Waals surface area contributed by atoms with Crippen molar-refractivity contribution >= 4 is 34.4 Å². The van der Waals surface area contributed by atoms with E-state index in [0.717, 1.165) is 45.4 Å². The van der Waals surface area contributed by atoms with Crippen LogP contribution in [0.1, 0.15) is 11.1 Å². The van der Waals surface area contributed by atoms with E-state index in [-0.39, 0.29) is 0 Å². The summed E-state index contributed by atoms with van der Waals surface area (Å²) >= 11 is 0. The van der Waals surface area contributed by atoms with Gasteiger partial charge in [-0.25, -0.2) is 47.3 Å². The summed E-state index contributed by atoms with van der Waals surface area (Å²) in [6.07, 6.45) is 0. The zero-order valence-electron chi connectivity index (χ0n) is 37.9. The Kier molecular flexibility index (Phi) is 20.8. The molecular formula is C48H48Cl2N8O13. The minimum Gasteiger partial charge on any atom is -0.491 e. The van der Waals surface area contributed by atoms with Crippen LogP contribution in [0.2, 0.25) is 0 Å². The van der Waals surface area contributed by atoms with Crippen LogP contribution >= 0.6 is 0 Å². The summed E-state index contributed by atoms with van der Waals surface area (Å²) < 4.78 is 101. The van der Waals surface area contributed by atoms with Crippen LogP contribution in [0.25, 0.3) is 0 Å². The van der Waals surface area contributed by atoms with Crippen LogP contribution in [0, 0.1) is 20.5 Å². The quantitative estimate of drug-likeness (QED) is 0.0692. The molecule has 0 amide bonds. The highest BCUT2D eigenvalue weighted by Gasteiger charge is 2.27. The van der Waals surface area contributed by atoms with Crippen LogP contribution in [0.3, 0.4) is 0 Å². The molecule has 0 fully saturated rings. The van der Waals surface area contributed by atoms with Gasteiger partial charge in [0.05, 0.1) is 51.0 Å². The second kappa shape index (κ2) is 27.6. The van der Waals surface area contributed by atoms with Crippen molar-refractivity contribution in [2.24, 2.45) is 20.4 Å². The fraction of sp³-hybridized carbons (Fsp3) is 0.208. The molecule has 2 aliphatic heterocycles. The van der Waals surface area contributed by atoms with Gasteiger partial charge in [0, 0.05) is 45.6 Å². The van der Waals surface area contributed by atoms with Gasteiger partial charge >= 0.3 is 0 Å². The standard InChI is InChI=1S/C48H48N8O5.2ClHO4/c1-5-13-41(14-6-1)53-37-54(42-15-7-2-8-16-42)50-47(49-53)39-21-25-45(26-22-39)60-35-33-58-31-29-57-30-32-59-34-36-61-46-27-23-40(24-28-46)48-51-55(43-17-9-3-10-18-43)38-56(52-48)44-19-11-4-12-20-44;2*2-1(3,4)5/h1-28H,29-38H2;2*(H,2,3,4,5)/q+2;;/p-2. The lowest BCUT2D eigenvalue weighted by molar-refractivity contribution is -2.00. The zero-order valence-corrected chi connectivity index (χ0v) is 39.4. The van der Waals surface area contributed by atoms with E-state index < -0.39 is 20.5 Å². The van der Waals surface area contributed by atoms with Crippen LogP contribution in [0.15, 0.2) is 190 Å². The average molecular weight is 1020 g/mol. The van der Waals surface area contributed by atoms with Gasteiger partial charge in [-0.3, -0.25) is 0 Å². The molecule has 6 aromatic rings. The average Bonchev–Trinajstić information content (AvgIpc) is 3.38. The van der Waals surface area contributed by atoms with Crippen LogP contribution in [0.4, 0.5) is 22.7 Å². The first-order chi connectivity index (χ1) is 34.2. The molecule has 0 saturated heterocycles. The molecule has 0 bridgehead atoms. The fourth-order valence-electron chi connectivity index (χ4n) is 6.45. The molecule has 372 valence electrons. The Morgan fingerprint density at radius 1 is 0.380 bits per heavy atom. The maximum atomic E-state index is 8.49. The van der Waals surface area contributed by atoms with Gasteiger partial charge in [-0.15, -0.1) is 30.7 Å². The Balaban J connectivity index is 0.000000751. The number of hydrazone groups is 2. The first-order valence-corrected chi connectivity index (χ1v) is 24.1. The Hall–Kier alpha value is -6.80. The van der Waals surface area contributed by atoms with E-state index in [9.17, 15) is 0 Å². The number of hydrogen-bond acceptors (Lipinski definition) is 19. The maximum absolute atomic E-state index is 8.49. The Morgan fingerprint density at radius 3 is 0.972 bits per heavy atom. The maximum Gasteiger partial charge on any atom is 0.269 e. The number of hydrogen-bond donors (Lipinski definition) is 0. The molecule has 0 aliphatic carbocycles. The SMILES string of the molecule is [O-][Cl+3]([O-])([O-])[O-].[O-][Cl+3]([O-])([O-])[O-].c1ccc(N2C[N+](c3ccccc3)=NC(c3ccc(OCCOCCOCCOCCOc4ccc(C5=NN(c6ccccc6)C[N+](c6ccccc6)=N5)cc4)cc3)=N2)cc1. The van der Waals surface area contributed by atoms with E-state index in [4.69, 9.17) is 81.4 Å². The number of benzene rings is 6. The lowest BCUT2D eigenvalue weighted by atomic mass is 10.2. The summed E-state index contributed by atoms with van der Waals surface area (Å²) in [7, 11) is -9.89. The van der Waals surface area contributed by atoms with E-state index in [1.807, 2.05) is 189 Å². The van der Waals surface area contributed by atoms with Gasteiger partial charge in [0.25, 0.3) is 13.3 Å². The summed E-state index contributed by atoms with van der Waals surface area (Å²) in [5.41, 5.74) is 5.74. The van der Waals surface area contributed by atoms with Crippen LogP contribution < -0.4 is 56.8 Å². The molecular weight excluding hydrogens is 967 g/mol. The normalized spacial score (nSPS) is 13.6. The van der Waals surface area contributed by atoms with Crippen LogP contribution in [0.5, 0.6) is 11.5 Å². The molecule has 2 aliphatic rings. The number of halogens is 2. The predicted molar refractivity (Wildman–Crippen MR) is 235 cm³/mol. The van der Waals surface area contributed by atoms with Crippen molar-refractivity contribution in [3.63, 3.8) is 0 Å². The number of nitrogens with zero attached hydrogens (tertiary/aromatic N) is 8. The smallest absolute Gasteiger partial charge is 0.269 e. The Morgan fingerprint density at radius 2 is 0.662 bits per heavy atom. The van der Waals surface area contributed by atoms with Gasteiger partial charge in [0.1, 0.15) is 24.7 Å². The number of anilines is 2. The monoisotopic (exact) mass is 1010 g/mol. The number of azo groups is 4. The van der Waals surface area contributed by atoms with Gasteiger partial charge in [0.15, 0.2) is 0 Å². The zero-order chi connectivity index (χ0) is 50.3. The fourth-order valence-corrected chi connectivity index (χ4v) is 6.45. The third-order valence-electron chi connectivity index (χ3n) is 9.58. The second-order valence-corrected chi connectivity index (χ2v) is 16.1. The molecule has 0 radical (unpaired) electrons. The van der Waals surface area contributed by atoms with Gasteiger partial charge in [-0.2, -0.15) is 0 Å². The van der Waals surface area contributed by atoms with Crippen molar-refractivity contribution in [3.05, 3.63) is 181 Å². The highest BCUT2D eigenvalue weighted by Crippen LogP contribution is 2.25. The van der Waals surface area contributed by atoms with E-state index in [2.05, 4.69) is 0 Å². The summed E-state index contributed by atoms with van der Waals surface area (Å²) in [4.78, 5) is 0. The highest BCUT2D eigenvalue weighted by molar-refractivity contribution is 6.00. The molecule has 0 spiro atoms. The topological polar surface area (TPSA) is 293 Å².